The first-order chi connectivity index (χ1) is 9.97. The number of phenolic OH excluding ortho intramolecular Hbond substituents is 1. The highest BCUT2D eigenvalue weighted by Gasteiger charge is 2.12. The van der Waals surface area contributed by atoms with Crippen molar-refractivity contribution in [1.82, 2.24) is 14.9 Å². The summed E-state index contributed by atoms with van der Waals surface area (Å²) in [7, 11) is 0. The van der Waals surface area contributed by atoms with Gasteiger partial charge in [0.1, 0.15) is 11.6 Å². The van der Waals surface area contributed by atoms with Crippen LogP contribution in [0, 0.1) is 5.82 Å². The van der Waals surface area contributed by atoms with Gasteiger partial charge in [-0.15, -0.1) is 0 Å². The third-order valence-corrected chi connectivity index (χ3v) is 2.71. The summed E-state index contributed by atoms with van der Waals surface area (Å²) in [6.45, 7) is 0.473. The molecule has 2 aromatic rings. The Balaban J connectivity index is 1.90. The van der Waals surface area contributed by atoms with Crippen LogP contribution in [0.15, 0.2) is 30.7 Å². The molecule has 8 heteroatoms. The highest BCUT2D eigenvalue weighted by Crippen LogP contribution is 2.14. The normalized spacial score (nSPS) is 10.3. The van der Waals surface area contributed by atoms with E-state index in [1.54, 1.807) is 0 Å². The van der Waals surface area contributed by atoms with Gasteiger partial charge in [0, 0.05) is 25.4 Å². The number of hydrogen-bond acceptors (Lipinski definition) is 4. The molecule has 0 atom stereocenters. The van der Waals surface area contributed by atoms with Crippen molar-refractivity contribution in [2.75, 3.05) is 6.54 Å². The summed E-state index contributed by atoms with van der Waals surface area (Å²) >= 11 is 0. The number of nitrogens with zero attached hydrogens (tertiary/aromatic N) is 2. The second-order valence-corrected chi connectivity index (χ2v) is 4.22. The molecule has 0 aliphatic heterocycles. The largest absolute Gasteiger partial charge is 0.508 e. The molecular weight excluding hydrogens is 281 g/mol. The second kappa shape index (κ2) is 6.04. The Morgan fingerprint density at radius 1 is 1.38 bits per heavy atom. The Bertz CT molecular complexity index is 684. The fourth-order valence-corrected chi connectivity index (χ4v) is 1.67. The molecule has 0 aliphatic rings. The number of rotatable bonds is 5. The number of hydrogen-bond donors (Lipinski definition) is 3. The van der Waals surface area contributed by atoms with E-state index in [2.05, 4.69) is 10.3 Å². The summed E-state index contributed by atoms with van der Waals surface area (Å²) in [4.78, 5) is 26.0. The van der Waals surface area contributed by atoms with Crippen molar-refractivity contribution in [2.45, 2.75) is 6.54 Å². The monoisotopic (exact) mass is 293 g/mol. The molecule has 0 spiro atoms. The number of carbonyl (C=O) groups is 2. The van der Waals surface area contributed by atoms with Gasteiger partial charge in [0.05, 0.1) is 11.9 Å². The number of carbonyl (C=O) groups excluding carboxylic acids is 1. The van der Waals surface area contributed by atoms with E-state index in [1.807, 2.05) is 0 Å². The lowest BCUT2D eigenvalue weighted by Gasteiger charge is -2.06. The van der Waals surface area contributed by atoms with Gasteiger partial charge < -0.3 is 20.1 Å². The fraction of sp³-hybridized carbons (Fsp3) is 0.154. The lowest BCUT2D eigenvalue weighted by molar-refractivity contribution is 0.0690. The van der Waals surface area contributed by atoms with E-state index in [4.69, 9.17) is 10.2 Å². The molecule has 1 heterocycles. The van der Waals surface area contributed by atoms with Crippen molar-refractivity contribution in [3.05, 3.63) is 47.8 Å². The van der Waals surface area contributed by atoms with E-state index in [1.165, 1.54) is 29.2 Å². The molecular formula is C13H12FN3O4. The summed E-state index contributed by atoms with van der Waals surface area (Å²) in [5.41, 5.74) is -0.268. The molecule has 0 unspecified atom stereocenters. The van der Waals surface area contributed by atoms with Crippen LogP contribution in [0.2, 0.25) is 0 Å². The van der Waals surface area contributed by atoms with Crippen LogP contribution in [0.1, 0.15) is 20.8 Å². The van der Waals surface area contributed by atoms with Crippen molar-refractivity contribution in [2.24, 2.45) is 0 Å². The highest BCUT2D eigenvalue weighted by molar-refractivity contribution is 5.94. The van der Waals surface area contributed by atoms with Crippen molar-refractivity contribution < 1.29 is 24.2 Å². The molecule has 0 bridgehead atoms. The molecule has 1 aromatic heterocycles. The van der Waals surface area contributed by atoms with E-state index in [0.29, 0.717) is 6.54 Å². The number of benzene rings is 1. The fourth-order valence-electron chi connectivity index (χ4n) is 1.67. The van der Waals surface area contributed by atoms with Crippen LogP contribution in [-0.2, 0) is 6.54 Å². The van der Waals surface area contributed by atoms with E-state index >= 15 is 0 Å². The van der Waals surface area contributed by atoms with Gasteiger partial charge in [-0.25, -0.2) is 14.2 Å². The zero-order valence-corrected chi connectivity index (χ0v) is 10.8. The SMILES string of the molecule is O=C(O)c1cn(CCNC(=O)c2ccc(O)cc2F)cn1. The summed E-state index contributed by atoms with van der Waals surface area (Å²) in [5.74, 6) is -2.83. The van der Waals surface area contributed by atoms with Gasteiger partial charge in [-0.2, -0.15) is 0 Å². The van der Waals surface area contributed by atoms with Crippen LogP contribution in [0.25, 0.3) is 0 Å². The smallest absolute Gasteiger partial charge is 0.356 e. The minimum absolute atomic E-state index is 0.0918. The van der Waals surface area contributed by atoms with Gasteiger partial charge >= 0.3 is 5.97 Å². The van der Waals surface area contributed by atoms with Gasteiger partial charge in [0.2, 0.25) is 0 Å². The van der Waals surface area contributed by atoms with Crippen molar-refractivity contribution in [3.63, 3.8) is 0 Å². The maximum atomic E-state index is 13.4. The number of carboxylic acids is 1. The van der Waals surface area contributed by atoms with Crippen LogP contribution >= 0.6 is 0 Å². The van der Waals surface area contributed by atoms with Gasteiger partial charge in [-0.1, -0.05) is 0 Å². The van der Waals surface area contributed by atoms with E-state index in [0.717, 1.165) is 6.07 Å². The quantitative estimate of drug-likeness (QED) is 0.758. The molecule has 2 rings (SSSR count). The average Bonchev–Trinajstić information content (AvgIpc) is 2.87. The molecule has 0 radical (unpaired) electrons. The topological polar surface area (TPSA) is 104 Å². The minimum Gasteiger partial charge on any atom is -0.508 e. The third kappa shape index (κ3) is 3.56. The zero-order chi connectivity index (χ0) is 15.4. The number of imidazole rings is 1. The number of nitrogens with one attached hydrogen (secondary N) is 1. The number of amides is 1. The Morgan fingerprint density at radius 2 is 2.14 bits per heavy atom. The summed E-state index contributed by atoms with van der Waals surface area (Å²) in [6, 6.07) is 3.25. The van der Waals surface area contributed by atoms with Gasteiger partial charge in [-0.3, -0.25) is 4.79 Å². The Hall–Kier alpha value is -2.90. The molecule has 0 aliphatic carbocycles. The predicted octanol–water partition coefficient (Wildman–Crippen LogP) is 0.856. The van der Waals surface area contributed by atoms with Crippen LogP contribution in [-0.4, -0.2) is 38.2 Å². The predicted molar refractivity (Wildman–Crippen MR) is 69.6 cm³/mol. The highest BCUT2D eigenvalue weighted by atomic mass is 19.1. The maximum absolute atomic E-state index is 13.4. The molecule has 1 amide bonds. The Morgan fingerprint density at radius 3 is 2.76 bits per heavy atom. The molecule has 0 saturated heterocycles. The number of phenols is 1. The average molecular weight is 293 g/mol. The van der Waals surface area contributed by atoms with Gasteiger partial charge in [-0.05, 0) is 12.1 Å². The molecule has 0 saturated carbocycles. The first-order valence-corrected chi connectivity index (χ1v) is 5.99. The summed E-state index contributed by atoms with van der Waals surface area (Å²) < 4.78 is 14.9. The molecule has 21 heavy (non-hydrogen) atoms. The Labute approximate surface area is 118 Å². The van der Waals surface area contributed by atoms with Crippen LogP contribution in [0.3, 0.4) is 0 Å². The maximum Gasteiger partial charge on any atom is 0.356 e. The molecule has 3 N–H and O–H groups in total. The van der Waals surface area contributed by atoms with Crippen LogP contribution in [0.5, 0.6) is 5.75 Å². The van der Waals surface area contributed by atoms with E-state index in [-0.39, 0.29) is 23.6 Å². The number of aromatic carboxylic acids is 1. The lowest BCUT2D eigenvalue weighted by Crippen LogP contribution is -2.27. The van der Waals surface area contributed by atoms with Crippen molar-refractivity contribution >= 4 is 11.9 Å². The standard InChI is InChI=1S/C13H12FN3O4/c14-10-5-8(18)1-2-9(10)12(19)15-3-4-17-6-11(13(20)21)16-7-17/h1-2,5-7,18H,3-4H2,(H,15,19)(H,20,21). The minimum atomic E-state index is -1.14. The Kier molecular flexibility index (Phi) is 4.17. The third-order valence-electron chi connectivity index (χ3n) is 2.71. The summed E-state index contributed by atoms with van der Waals surface area (Å²) in [5, 5.41) is 20.3. The number of halogens is 1. The van der Waals surface area contributed by atoms with Crippen molar-refractivity contribution in [3.8, 4) is 5.75 Å². The second-order valence-electron chi connectivity index (χ2n) is 4.22. The van der Waals surface area contributed by atoms with Gasteiger partial charge in [0.25, 0.3) is 5.91 Å². The van der Waals surface area contributed by atoms with Gasteiger partial charge in [0.15, 0.2) is 5.69 Å². The first-order valence-electron chi connectivity index (χ1n) is 5.99. The first kappa shape index (κ1) is 14.5. The number of aromatic hydroxyl groups is 1. The van der Waals surface area contributed by atoms with E-state index < -0.39 is 17.7 Å². The number of aromatic nitrogens is 2. The molecule has 7 nitrogen and oxygen atoms in total. The molecule has 1 aromatic carbocycles. The lowest BCUT2D eigenvalue weighted by atomic mass is 10.2. The number of carboxylic acid groups (broad SMARTS) is 1. The molecule has 110 valence electrons. The van der Waals surface area contributed by atoms with Crippen LogP contribution < -0.4 is 5.32 Å². The van der Waals surface area contributed by atoms with E-state index in [9.17, 15) is 14.0 Å². The summed E-state index contributed by atoms with van der Waals surface area (Å²) in [6.07, 6.45) is 2.66. The van der Waals surface area contributed by atoms with Crippen molar-refractivity contribution in [1.29, 1.82) is 0 Å². The zero-order valence-electron chi connectivity index (χ0n) is 10.8. The van der Waals surface area contributed by atoms with Crippen LogP contribution in [0.4, 0.5) is 4.39 Å². The molecule has 0 fully saturated rings.